The highest BCUT2D eigenvalue weighted by molar-refractivity contribution is 6.06. The van der Waals surface area contributed by atoms with Gasteiger partial charge in [-0.25, -0.2) is 14.8 Å². The number of carboxylic acid groups (broad SMARTS) is 1. The molecule has 2 amide bonds. The van der Waals surface area contributed by atoms with Crippen LogP contribution in [0.25, 0.3) is 21.9 Å². The van der Waals surface area contributed by atoms with E-state index in [1.807, 2.05) is 24.3 Å². The second kappa shape index (κ2) is 9.91. The summed E-state index contributed by atoms with van der Waals surface area (Å²) in [5, 5.41) is 14.3. The van der Waals surface area contributed by atoms with Gasteiger partial charge in [-0.15, -0.1) is 0 Å². The lowest BCUT2D eigenvalue weighted by molar-refractivity contribution is -0.120. The van der Waals surface area contributed by atoms with Crippen molar-refractivity contribution in [1.82, 2.24) is 25.2 Å². The molecule has 0 saturated heterocycles. The maximum absolute atomic E-state index is 11.6. The number of nitrogen functional groups attached to an aromatic ring is 1. The zero-order chi connectivity index (χ0) is 21.5. The number of nitrogens with zero attached hydrogens (tertiary/aromatic N) is 3. The van der Waals surface area contributed by atoms with Crippen LogP contribution in [-0.2, 0) is 17.8 Å². The number of rotatable bonds is 10. The van der Waals surface area contributed by atoms with Crippen LogP contribution in [-0.4, -0.2) is 44.7 Å². The highest BCUT2D eigenvalue weighted by Gasteiger charge is 2.16. The Hall–Kier alpha value is -3.36. The van der Waals surface area contributed by atoms with E-state index in [4.69, 9.17) is 15.8 Å². The largest absolute Gasteiger partial charge is 0.465 e. The van der Waals surface area contributed by atoms with Crippen molar-refractivity contribution in [3.05, 3.63) is 30.1 Å². The fourth-order valence-electron chi connectivity index (χ4n) is 3.51. The second-order valence-electron chi connectivity index (χ2n) is 7.21. The zero-order valence-electron chi connectivity index (χ0n) is 17.1. The number of anilines is 1. The first kappa shape index (κ1) is 21.4. The number of aromatic nitrogens is 3. The molecule has 0 aliphatic carbocycles. The molecule has 2 aromatic heterocycles. The number of carbonyl (C=O) groups excluding carboxylic acids is 1. The number of hydrogen-bond donors (Lipinski definition) is 4. The van der Waals surface area contributed by atoms with E-state index < -0.39 is 6.09 Å². The average Bonchev–Trinajstić information content (AvgIpc) is 3.10. The molecule has 2 heterocycles. The van der Waals surface area contributed by atoms with Crippen molar-refractivity contribution in [1.29, 1.82) is 0 Å². The summed E-state index contributed by atoms with van der Waals surface area (Å²) in [6.07, 6.45) is 3.39. The number of imidazole rings is 1. The van der Waals surface area contributed by atoms with Gasteiger partial charge in [0.2, 0.25) is 5.91 Å². The third-order valence-electron chi connectivity index (χ3n) is 4.97. The van der Waals surface area contributed by atoms with Crippen molar-refractivity contribution in [2.75, 3.05) is 18.8 Å². The Labute approximate surface area is 174 Å². The van der Waals surface area contributed by atoms with Crippen LogP contribution in [0.3, 0.4) is 0 Å². The molecule has 9 heteroatoms. The monoisotopic (exact) mass is 412 g/mol. The van der Waals surface area contributed by atoms with Gasteiger partial charge in [0.05, 0.1) is 17.6 Å². The number of nitrogens with one attached hydrogen (secondary N) is 2. The Balaban J connectivity index is 1.75. The number of fused-ring (bicyclic) bond motifs is 3. The molecule has 1 aromatic carbocycles. The zero-order valence-corrected chi connectivity index (χ0v) is 17.1. The molecule has 3 rings (SSSR count). The second-order valence-corrected chi connectivity index (χ2v) is 7.21. The summed E-state index contributed by atoms with van der Waals surface area (Å²) in [5.41, 5.74) is 8.82. The van der Waals surface area contributed by atoms with Crippen molar-refractivity contribution >= 4 is 39.8 Å². The van der Waals surface area contributed by atoms with E-state index in [0.717, 1.165) is 66.4 Å². The highest BCUT2D eigenvalue weighted by atomic mass is 16.4. The van der Waals surface area contributed by atoms with Gasteiger partial charge < -0.3 is 26.0 Å². The molecular formula is C21H28N6O3. The molecule has 0 saturated carbocycles. The van der Waals surface area contributed by atoms with Gasteiger partial charge in [0.25, 0.3) is 0 Å². The van der Waals surface area contributed by atoms with Gasteiger partial charge in [0.1, 0.15) is 11.3 Å². The van der Waals surface area contributed by atoms with Crippen molar-refractivity contribution < 1.29 is 14.7 Å². The van der Waals surface area contributed by atoms with E-state index in [0.29, 0.717) is 12.4 Å². The Bertz CT molecular complexity index is 1050. The molecule has 9 nitrogen and oxygen atoms in total. The van der Waals surface area contributed by atoms with Crippen LogP contribution in [0, 0.1) is 0 Å². The first-order valence-corrected chi connectivity index (χ1v) is 10.3. The van der Waals surface area contributed by atoms with Crippen LogP contribution >= 0.6 is 0 Å². The minimum absolute atomic E-state index is 0.235. The topological polar surface area (TPSA) is 135 Å². The van der Waals surface area contributed by atoms with E-state index >= 15 is 0 Å². The summed E-state index contributed by atoms with van der Waals surface area (Å²) >= 11 is 0. The maximum Gasteiger partial charge on any atom is 0.405 e. The number of carbonyl (C=O) groups is 2. The number of para-hydroxylation sites is 1. The fourth-order valence-corrected chi connectivity index (χ4v) is 3.51. The average molecular weight is 412 g/mol. The van der Waals surface area contributed by atoms with Gasteiger partial charge in [-0.3, -0.25) is 4.79 Å². The minimum Gasteiger partial charge on any atom is -0.465 e. The summed E-state index contributed by atoms with van der Waals surface area (Å²) < 4.78 is 2.24. The number of amides is 2. The lowest BCUT2D eigenvalue weighted by Gasteiger charge is -2.11. The van der Waals surface area contributed by atoms with Gasteiger partial charge >= 0.3 is 6.09 Å². The first-order valence-electron chi connectivity index (χ1n) is 10.3. The number of benzene rings is 1. The molecule has 5 N–H and O–H groups in total. The number of pyridine rings is 1. The molecule has 0 bridgehead atoms. The number of nitrogens with two attached hydrogens (primary N) is 1. The smallest absolute Gasteiger partial charge is 0.405 e. The van der Waals surface area contributed by atoms with Crippen LogP contribution in [0.4, 0.5) is 10.6 Å². The minimum atomic E-state index is -1.21. The lowest BCUT2D eigenvalue weighted by Crippen LogP contribution is -2.36. The van der Waals surface area contributed by atoms with Crippen molar-refractivity contribution in [3.8, 4) is 0 Å². The molecule has 30 heavy (non-hydrogen) atoms. The third kappa shape index (κ3) is 4.97. The van der Waals surface area contributed by atoms with E-state index in [9.17, 15) is 9.59 Å². The summed E-state index contributed by atoms with van der Waals surface area (Å²) in [7, 11) is 0. The molecule has 0 radical (unpaired) electrons. The molecule has 0 fully saturated rings. The molecular weight excluding hydrogens is 384 g/mol. The Morgan fingerprint density at radius 1 is 1.13 bits per heavy atom. The first-order chi connectivity index (χ1) is 14.5. The molecule has 3 aromatic rings. The summed E-state index contributed by atoms with van der Waals surface area (Å²) in [6.45, 7) is 3.16. The summed E-state index contributed by atoms with van der Waals surface area (Å²) in [6, 6.07) is 7.93. The predicted molar refractivity (Wildman–Crippen MR) is 116 cm³/mol. The Morgan fingerprint density at radius 2 is 1.93 bits per heavy atom. The molecule has 0 aliphatic rings. The number of unbranched alkanes of at least 4 members (excludes halogenated alkanes) is 2. The van der Waals surface area contributed by atoms with Gasteiger partial charge in [0.15, 0.2) is 5.82 Å². The standard InChI is InChI=1S/C21H28N6O3/c1-2-3-10-16-26-18-19(14-8-4-5-9-15(14)25-20(18)22)27(16)12-7-6-11-23-17(28)13-24-21(29)30/h4-5,8-9,24H,2-3,6-7,10-13H2,1H3,(H2,22,25)(H,23,28)(H,29,30). The van der Waals surface area contributed by atoms with Crippen LogP contribution in [0.5, 0.6) is 0 Å². The van der Waals surface area contributed by atoms with E-state index in [-0.39, 0.29) is 12.5 Å². The number of aryl methyl sites for hydroxylation is 2. The van der Waals surface area contributed by atoms with Crippen LogP contribution < -0.4 is 16.4 Å². The van der Waals surface area contributed by atoms with Gasteiger partial charge in [-0.2, -0.15) is 0 Å². The van der Waals surface area contributed by atoms with Crippen molar-refractivity contribution in [2.45, 2.75) is 45.6 Å². The SMILES string of the molecule is CCCCc1nc2c(N)nc3ccccc3c2n1CCCCNC(=O)CNC(=O)O. The van der Waals surface area contributed by atoms with Crippen molar-refractivity contribution in [3.63, 3.8) is 0 Å². The normalized spacial score (nSPS) is 11.1. The van der Waals surface area contributed by atoms with Crippen LogP contribution in [0.1, 0.15) is 38.4 Å². The molecule has 0 spiro atoms. The van der Waals surface area contributed by atoms with Crippen LogP contribution in [0.2, 0.25) is 0 Å². The molecule has 0 aliphatic heterocycles. The highest BCUT2D eigenvalue weighted by Crippen LogP contribution is 2.29. The van der Waals surface area contributed by atoms with E-state index in [1.165, 1.54) is 0 Å². The number of hydrogen-bond acceptors (Lipinski definition) is 5. The fraction of sp³-hybridized carbons (Fsp3) is 0.429. The van der Waals surface area contributed by atoms with E-state index in [1.54, 1.807) is 0 Å². The Morgan fingerprint density at radius 3 is 2.70 bits per heavy atom. The molecule has 160 valence electrons. The van der Waals surface area contributed by atoms with Gasteiger partial charge in [-0.05, 0) is 25.3 Å². The van der Waals surface area contributed by atoms with E-state index in [2.05, 4.69) is 27.1 Å². The van der Waals surface area contributed by atoms with Gasteiger partial charge in [-0.1, -0.05) is 31.5 Å². The summed E-state index contributed by atoms with van der Waals surface area (Å²) in [5.74, 6) is 1.11. The quantitative estimate of drug-likeness (QED) is 0.378. The maximum atomic E-state index is 11.6. The summed E-state index contributed by atoms with van der Waals surface area (Å²) in [4.78, 5) is 31.3. The third-order valence-corrected chi connectivity index (χ3v) is 4.97. The van der Waals surface area contributed by atoms with Crippen LogP contribution in [0.15, 0.2) is 24.3 Å². The predicted octanol–water partition coefficient (Wildman–Crippen LogP) is 2.67. The van der Waals surface area contributed by atoms with Gasteiger partial charge in [0, 0.05) is 24.9 Å². The molecule has 0 atom stereocenters. The van der Waals surface area contributed by atoms with Crippen molar-refractivity contribution in [2.24, 2.45) is 0 Å². The Kier molecular flexibility index (Phi) is 7.05. The molecule has 0 unspecified atom stereocenters. The lowest BCUT2D eigenvalue weighted by atomic mass is 10.2.